The lowest BCUT2D eigenvalue weighted by molar-refractivity contribution is -0.123. The van der Waals surface area contributed by atoms with E-state index in [1.807, 2.05) is 36.6 Å². The predicted molar refractivity (Wildman–Crippen MR) is 103 cm³/mol. The van der Waals surface area contributed by atoms with Crippen molar-refractivity contribution in [2.45, 2.75) is 51.6 Å². The highest BCUT2D eigenvalue weighted by atomic mass is 32.1. The summed E-state index contributed by atoms with van der Waals surface area (Å²) in [6.45, 7) is 8.05. The molecule has 1 aromatic heterocycles. The molecule has 5 heteroatoms. The number of benzene rings is 1. The largest absolute Gasteiger partial charge is 0.352 e. The van der Waals surface area contributed by atoms with Crippen LogP contribution in [0.3, 0.4) is 0 Å². The third-order valence-corrected chi connectivity index (χ3v) is 5.11. The Morgan fingerprint density at radius 1 is 1.04 bits per heavy atom. The van der Waals surface area contributed by atoms with E-state index in [4.69, 9.17) is 0 Å². The highest BCUT2D eigenvalue weighted by molar-refractivity contribution is 7.12. The van der Waals surface area contributed by atoms with Crippen molar-refractivity contribution in [1.29, 1.82) is 0 Å². The maximum atomic E-state index is 12.4. The number of nitrogens with one attached hydrogen (secondary N) is 2. The number of carbonyl (C=O) groups is 2. The van der Waals surface area contributed by atoms with Crippen LogP contribution in [0.4, 0.5) is 0 Å². The summed E-state index contributed by atoms with van der Waals surface area (Å²) in [5, 5.41) is 7.59. The zero-order valence-corrected chi connectivity index (χ0v) is 16.0. The quantitative estimate of drug-likeness (QED) is 0.792. The Bertz CT molecular complexity index is 696. The first kappa shape index (κ1) is 19.2. The first-order valence-corrected chi connectivity index (χ1v) is 9.38. The van der Waals surface area contributed by atoms with Crippen LogP contribution in [0.25, 0.3) is 0 Å². The monoisotopic (exact) mass is 358 g/mol. The topological polar surface area (TPSA) is 58.2 Å². The molecular formula is C20H26N2O2S. The molecule has 2 rings (SSSR count). The second kappa shape index (κ2) is 8.30. The van der Waals surface area contributed by atoms with Crippen LogP contribution in [0.5, 0.6) is 0 Å². The van der Waals surface area contributed by atoms with Crippen molar-refractivity contribution in [3.8, 4) is 0 Å². The molecule has 0 spiro atoms. The van der Waals surface area contributed by atoms with Gasteiger partial charge in [0.05, 0.1) is 4.88 Å². The summed E-state index contributed by atoms with van der Waals surface area (Å²) in [5.41, 5.74) is 1.20. The molecule has 2 atom stereocenters. The molecule has 0 aliphatic carbocycles. The summed E-state index contributed by atoms with van der Waals surface area (Å²) in [6, 6.07) is 13.3. The van der Waals surface area contributed by atoms with Gasteiger partial charge in [0.2, 0.25) is 5.91 Å². The zero-order valence-electron chi connectivity index (χ0n) is 15.2. The minimum Gasteiger partial charge on any atom is -0.352 e. The van der Waals surface area contributed by atoms with E-state index >= 15 is 0 Å². The maximum Gasteiger partial charge on any atom is 0.261 e. The molecule has 0 saturated heterocycles. The molecule has 134 valence electrons. The van der Waals surface area contributed by atoms with Gasteiger partial charge in [0, 0.05) is 6.04 Å². The van der Waals surface area contributed by atoms with Crippen LogP contribution in [0.1, 0.15) is 49.4 Å². The molecule has 0 saturated carbocycles. The second-order valence-corrected chi connectivity index (χ2v) is 7.98. The van der Waals surface area contributed by atoms with Gasteiger partial charge in [0.1, 0.15) is 6.04 Å². The fourth-order valence-electron chi connectivity index (χ4n) is 2.93. The van der Waals surface area contributed by atoms with Gasteiger partial charge < -0.3 is 10.6 Å². The van der Waals surface area contributed by atoms with E-state index in [0.717, 1.165) is 6.42 Å². The van der Waals surface area contributed by atoms with Crippen LogP contribution in [0.15, 0.2) is 47.8 Å². The van der Waals surface area contributed by atoms with Crippen molar-refractivity contribution in [2.24, 2.45) is 0 Å². The number of rotatable bonds is 7. The molecule has 2 amide bonds. The molecule has 1 heterocycles. The summed E-state index contributed by atoms with van der Waals surface area (Å²) in [7, 11) is 0. The first-order chi connectivity index (χ1) is 11.8. The Morgan fingerprint density at radius 3 is 2.32 bits per heavy atom. The van der Waals surface area contributed by atoms with Crippen LogP contribution in [0, 0.1) is 0 Å². The van der Waals surface area contributed by atoms with Crippen molar-refractivity contribution in [3.05, 3.63) is 58.3 Å². The minimum atomic E-state index is -0.572. The standard InChI is InChI=1S/C20H26N2O2S/c1-14(13-20(3,4)16-9-6-5-7-10-16)21-18(23)15(2)22-19(24)17-11-8-12-25-17/h5-12,14-15H,13H2,1-4H3,(H,21,23)(H,22,24). The number of carbonyl (C=O) groups excluding carboxylic acids is 2. The van der Waals surface area contributed by atoms with Crippen LogP contribution in [0.2, 0.25) is 0 Å². The SMILES string of the molecule is CC(CC(C)(C)c1ccccc1)NC(=O)C(C)NC(=O)c1cccs1. The average Bonchev–Trinajstić information content (AvgIpc) is 3.09. The van der Waals surface area contributed by atoms with Crippen molar-refractivity contribution in [1.82, 2.24) is 10.6 Å². The lowest BCUT2D eigenvalue weighted by atomic mass is 9.79. The number of thiophene rings is 1. The fraction of sp³-hybridized carbons (Fsp3) is 0.400. The molecule has 0 fully saturated rings. The van der Waals surface area contributed by atoms with E-state index in [2.05, 4.69) is 36.6 Å². The van der Waals surface area contributed by atoms with Crippen LogP contribution in [-0.4, -0.2) is 23.9 Å². The van der Waals surface area contributed by atoms with Gasteiger partial charge in [-0.2, -0.15) is 0 Å². The van der Waals surface area contributed by atoms with Crippen molar-refractivity contribution >= 4 is 23.2 Å². The van der Waals surface area contributed by atoms with Gasteiger partial charge in [-0.3, -0.25) is 9.59 Å². The average molecular weight is 359 g/mol. The van der Waals surface area contributed by atoms with E-state index < -0.39 is 6.04 Å². The fourth-order valence-corrected chi connectivity index (χ4v) is 3.56. The van der Waals surface area contributed by atoms with E-state index in [1.54, 1.807) is 13.0 Å². The smallest absolute Gasteiger partial charge is 0.261 e. The summed E-state index contributed by atoms with van der Waals surface area (Å²) >= 11 is 1.36. The molecule has 4 nitrogen and oxygen atoms in total. The van der Waals surface area contributed by atoms with Gasteiger partial charge in [-0.15, -0.1) is 11.3 Å². The lowest BCUT2D eigenvalue weighted by Gasteiger charge is -2.29. The highest BCUT2D eigenvalue weighted by Crippen LogP contribution is 2.28. The third-order valence-electron chi connectivity index (χ3n) is 4.25. The maximum absolute atomic E-state index is 12.4. The predicted octanol–water partition coefficient (Wildman–Crippen LogP) is 3.74. The lowest BCUT2D eigenvalue weighted by Crippen LogP contribution is -2.48. The summed E-state index contributed by atoms with van der Waals surface area (Å²) in [4.78, 5) is 25.0. The van der Waals surface area contributed by atoms with Crippen molar-refractivity contribution in [2.75, 3.05) is 0 Å². The molecule has 2 aromatic rings. The van der Waals surface area contributed by atoms with Crippen LogP contribution < -0.4 is 10.6 Å². The zero-order chi connectivity index (χ0) is 18.4. The highest BCUT2D eigenvalue weighted by Gasteiger charge is 2.25. The Labute approximate surface area is 153 Å². The van der Waals surface area contributed by atoms with Crippen molar-refractivity contribution < 1.29 is 9.59 Å². The van der Waals surface area contributed by atoms with Crippen LogP contribution in [-0.2, 0) is 10.2 Å². The van der Waals surface area contributed by atoms with Gasteiger partial charge >= 0.3 is 0 Å². The van der Waals surface area contributed by atoms with Gasteiger partial charge in [-0.05, 0) is 42.7 Å². The Balaban J connectivity index is 1.88. The first-order valence-electron chi connectivity index (χ1n) is 8.50. The molecule has 25 heavy (non-hydrogen) atoms. The Morgan fingerprint density at radius 2 is 1.72 bits per heavy atom. The second-order valence-electron chi connectivity index (χ2n) is 7.04. The number of hydrogen-bond donors (Lipinski definition) is 2. The molecule has 0 radical (unpaired) electrons. The molecule has 2 N–H and O–H groups in total. The normalized spacial score (nSPS) is 13.8. The molecule has 1 aromatic carbocycles. The molecule has 0 aliphatic rings. The van der Waals surface area contributed by atoms with E-state index in [9.17, 15) is 9.59 Å². The Hall–Kier alpha value is -2.14. The molecule has 0 aliphatic heterocycles. The molecular weight excluding hydrogens is 332 g/mol. The van der Waals surface area contributed by atoms with Crippen LogP contribution >= 0.6 is 11.3 Å². The van der Waals surface area contributed by atoms with E-state index in [-0.39, 0.29) is 23.3 Å². The summed E-state index contributed by atoms with van der Waals surface area (Å²) in [5.74, 6) is -0.379. The van der Waals surface area contributed by atoms with Gasteiger partial charge in [-0.25, -0.2) is 0 Å². The molecule has 0 bridgehead atoms. The third kappa shape index (κ3) is 5.43. The van der Waals surface area contributed by atoms with Gasteiger partial charge in [-0.1, -0.05) is 50.2 Å². The van der Waals surface area contributed by atoms with E-state index in [1.165, 1.54) is 16.9 Å². The summed E-state index contributed by atoms with van der Waals surface area (Å²) in [6.07, 6.45) is 0.814. The van der Waals surface area contributed by atoms with Gasteiger partial charge in [0.15, 0.2) is 0 Å². The van der Waals surface area contributed by atoms with E-state index in [0.29, 0.717) is 4.88 Å². The minimum absolute atomic E-state index is 0.00351. The Kier molecular flexibility index (Phi) is 6.37. The van der Waals surface area contributed by atoms with Crippen molar-refractivity contribution in [3.63, 3.8) is 0 Å². The number of hydrogen-bond acceptors (Lipinski definition) is 3. The summed E-state index contributed by atoms with van der Waals surface area (Å²) < 4.78 is 0. The number of amides is 2. The van der Waals surface area contributed by atoms with Gasteiger partial charge in [0.25, 0.3) is 5.91 Å². The molecule has 2 unspecified atom stereocenters.